The van der Waals surface area contributed by atoms with E-state index < -0.39 is 17.4 Å². The van der Waals surface area contributed by atoms with Gasteiger partial charge in [0.05, 0.1) is 12.3 Å². The number of hydrogen-bond acceptors (Lipinski definition) is 5. The van der Waals surface area contributed by atoms with Gasteiger partial charge in [-0.05, 0) is 13.8 Å². The first-order chi connectivity index (χ1) is 9.23. The fourth-order valence-electron chi connectivity index (χ4n) is 1.92. The molecule has 0 radical (unpaired) electrons. The second-order valence-electron chi connectivity index (χ2n) is 5.49. The van der Waals surface area contributed by atoms with E-state index in [4.69, 9.17) is 4.74 Å². The standard InChI is InChI=1S/C13H22N4O3/c1-7-20-12(19)9-10(13(3,4)5)17(16-15-9)8(2)11(18)14-6/h8H,7H2,1-6H3,(H,14,18). The number of carbonyl (C=O) groups excluding carboxylic acids is 2. The summed E-state index contributed by atoms with van der Waals surface area (Å²) in [7, 11) is 1.55. The van der Waals surface area contributed by atoms with Crippen LogP contribution in [-0.4, -0.2) is 40.5 Å². The van der Waals surface area contributed by atoms with E-state index >= 15 is 0 Å². The molecule has 1 unspecified atom stereocenters. The molecule has 1 aromatic heterocycles. The third-order valence-electron chi connectivity index (χ3n) is 2.87. The lowest BCUT2D eigenvalue weighted by molar-refractivity contribution is -0.123. The second-order valence-corrected chi connectivity index (χ2v) is 5.49. The highest BCUT2D eigenvalue weighted by molar-refractivity contribution is 5.89. The van der Waals surface area contributed by atoms with E-state index in [2.05, 4.69) is 15.6 Å². The summed E-state index contributed by atoms with van der Waals surface area (Å²) in [6.07, 6.45) is 0. The number of rotatable bonds is 4. The molecule has 1 N–H and O–H groups in total. The van der Waals surface area contributed by atoms with Crippen molar-refractivity contribution in [3.63, 3.8) is 0 Å². The quantitative estimate of drug-likeness (QED) is 0.834. The largest absolute Gasteiger partial charge is 0.461 e. The van der Waals surface area contributed by atoms with Crippen molar-refractivity contribution in [2.45, 2.75) is 46.1 Å². The van der Waals surface area contributed by atoms with E-state index in [1.54, 1.807) is 20.9 Å². The third-order valence-corrected chi connectivity index (χ3v) is 2.87. The van der Waals surface area contributed by atoms with Crippen LogP contribution in [0.15, 0.2) is 0 Å². The van der Waals surface area contributed by atoms with Crippen LogP contribution in [0.2, 0.25) is 0 Å². The Labute approximate surface area is 118 Å². The maximum atomic E-state index is 11.9. The van der Waals surface area contributed by atoms with Gasteiger partial charge in [0.2, 0.25) is 5.91 Å². The maximum absolute atomic E-state index is 11.9. The number of carbonyl (C=O) groups is 2. The lowest BCUT2D eigenvalue weighted by atomic mass is 9.90. The molecular formula is C13H22N4O3. The van der Waals surface area contributed by atoms with Gasteiger partial charge in [-0.2, -0.15) is 0 Å². The minimum atomic E-state index is -0.551. The molecule has 1 amide bonds. The Bertz CT molecular complexity index is 502. The summed E-state index contributed by atoms with van der Waals surface area (Å²) < 4.78 is 6.47. The van der Waals surface area contributed by atoms with Crippen LogP contribution in [0.1, 0.15) is 56.8 Å². The number of aromatic nitrogens is 3. The topological polar surface area (TPSA) is 86.1 Å². The molecule has 1 aromatic rings. The molecule has 0 aromatic carbocycles. The van der Waals surface area contributed by atoms with Crippen LogP contribution in [0.5, 0.6) is 0 Å². The highest BCUT2D eigenvalue weighted by Gasteiger charge is 2.32. The van der Waals surface area contributed by atoms with Crippen LogP contribution >= 0.6 is 0 Å². The second kappa shape index (κ2) is 6.02. The van der Waals surface area contributed by atoms with Gasteiger partial charge in [-0.1, -0.05) is 26.0 Å². The van der Waals surface area contributed by atoms with Crippen LogP contribution in [0.25, 0.3) is 0 Å². The summed E-state index contributed by atoms with van der Waals surface area (Å²) in [6, 6.07) is -0.551. The van der Waals surface area contributed by atoms with Crippen molar-refractivity contribution in [1.29, 1.82) is 0 Å². The number of esters is 1. The Balaban J connectivity index is 3.34. The lowest BCUT2D eigenvalue weighted by Gasteiger charge is -2.23. The summed E-state index contributed by atoms with van der Waals surface area (Å²) in [5.41, 5.74) is 0.357. The minimum absolute atomic E-state index is 0.162. The minimum Gasteiger partial charge on any atom is -0.461 e. The fourth-order valence-corrected chi connectivity index (χ4v) is 1.92. The average molecular weight is 282 g/mol. The van der Waals surface area contributed by atoms with Crippen LogP contribution in [0.3, 0.4) is 0 Å². The summed E-state index contributed by atoms with van der Waals surface area (Å²) in [4.78, 5) is 23.7. The molecular weight excluding hydrogens is 260 g/mol. The summed E-state index contributed by atoms with van der Waals surface area (Å²) in [5, 5.41) is 10.4. The van der Waals surface area contributed by atoms with Gasteiger partial charge in [0.15, 0.2) is 5.69 Å². The summed E-state index contributed by atoms with van der Waals surface area (Å²) in [5.74, 6) is -0.719. The molecule has 0 bridgehead atoms. The Morgan fingerprint density at radius 2 is 2.00 bits per heavy atom. The Kier molecular flexibility index (Phi) is 4.86. The third kappa shape index (κ3) is 3.15. The lowest BCUT2D eigenvalue weighted by Crippen LogP contribution is -2.32. The number of hydrogen-bond donors (Lipinski definition) is 1. The highest BCUT2D eigenvalue weighted by atomic mass is 16.5. The molecule has 0 aliphatic rings. The van der Waals surface area contributed by atoms with Crippen molar-refractivity contribution < 1.29 is 14.3 Å². The zero-order chi connectivity index (χ0) is 15.5. The molecule has 0 spiro atoms. The van der Waals surface area contributed by atoms with Crippen molar-refractivity contribution in [1.82, 2.24) is 20.3 Å². The molecule has 7 nitrogen and oxygen atoms in total. The van der Waals surface area contributed by atoms with Crippen LogP contribution in [-0.2, 0) is 14.9 Å². The first kappa shape index (κ1) is 16.1. The van der Waals surface area contributed by atoms with Crippen molar-refractivity contribution in [2.24, 2.45) is 0 Å². The van der Waals surface area contributed by atoms with Crippen molar-refractivity contribution in [3.05, 3.63) is 11.4 Å². The first-order valence-corrected chi connectivity index (χ1v) is 6.58. The normalized spacial score (nSPS) is 12.9. The zero-order valence-corrected chi connectivity index (χ0v) is 12.9. The first-order valence-electron chi connectivity index (χ1n) is 6.58. The highest BCUT2D eigenvalue weighted by Crippen LogP contribution is 2.27. The Morgan fingerprint density at radius 1 is 1.40 bits per heavy atom. The molecule has 0 aliphatic heterocycles. The number of amides is 1. The van der Waals surface area contributed by atoms with Crippen molar-refractivity contribution >= 4 is 11.9 Å². The fraction of sp³-hybridized carbons (Fsp3) is 0.692. The van der Waals surface area contributed by atoms with Crippen LogP contribution < -0.4 is 5.32 Å². The van der Waals surface area contributed by atoms with E-state index in [-0.39, 0.29) is 18.2 Å². The van der Waals surface area contributed by atoms with Gasteiger partial charge in [0.25, 0.3) is 0 Å². The predicted molar refractivity (Wildman–Crippen MR) is 73.5 cm³/mol. The van der Waals surface area contributed by atoms with Crippen molar-refractivity contribution in [2.75, 3.05) is 13.7 Å². The summed E-state index contributed by atoms with van der Waals surface area (Å²) in [6.45, 7) is 9.49. The molecule has 0 aliphatic carbocycles. The maximum Gasteiger partial charge on any atom is 0.360 e. The summed E-state index contributed by atoms with van der Waals surface area (Å²) >= 11 is 0. The van der Waals surface area contributed by atoms with E-state index in [1.807, 2.05) is 20.8 Å². The molecule has 0 saturated carbocycles. The van der Waals surface area contributed by atoms with Crippen LogP contribution in [0.4, 0.5) is 0 Å². The number of ether oxygens (including phenoxy) is 1. The SMILES string of the molecule is CCOC(=O)c1nnn(C(C)C(=O)NC)c1C(C)(C)C. The Morgan fingerprint density at radius 3 is 2.45 bits per heavy atom. The number of nitrogens with one attached hydrogen (secondary N) is 1. The van der Waals surface area contributed by atoms with Crippen molar-refractivity contribution in [3.8, 4) is 0 Å². The molecule has 1 heterocycles. The van der Waals surface area contributed by atoms with Gasteiger partial charge in [0.1, 0.15) is 6.04 Å². The molecule has 112 valence electrons. The van der Waals surface area contributed by atoms with Crippen LogP contribution in [0, 0.1) is 0 Å². The van der Waals surface area contributed by atoms with Gasteiger partial charge in [-0.15, -0.1) is 5.10 Å². The molecule has 7 heteroatoms. The molecule has 0 fully saturated rings. The van der Waals surface area contributed by atoms with E-state index in [9.17, 15) is 9.59 Å². The number of nitrogens with zero attached hydrogens (tertiary/aromatic N) is 3. The van der Waals surface area contributed by atoms with Gasteiger partial charge >= 0.3 is 5.97 Å². The Hall–Kier alpha value is -1.92. The smallest absolute Gasteiger partial charge is 0.360 e. The number of likely N-dealkylation sites (N-methyl/N-ethyl adjacent to an activating group) is 1. The monoisotopic (exact) mass is 282 g/mol. The predicted octanol–water partition coefficient (Wildman–Crippen LogP) is 1.06. The molecule has 1 atom stereocenters. The van der Waals surface area contributed by atoms with Gasteiger partial charge < -0.3 is 10.1 Å². The molecule has 1 rings (SSSR count). The molecule has 0 saturated heterocycles. The van der Waals surface area contributed by atoms with E-state index in [0.29, 0.717) is 5.69 Å². The average Bonchev–Trinajstić information content (AvgIpc) is 2.81. The van der Waals surface area contributed by atoms with E-state index in [1.165, 1.54) is 4.68 Å². The zero-order valence-electron chi connectivity index (χ0n) is 12.9. The van der Waals surface area contributed by atoms with Gasteiger partial charge in [-0.25, -0.2) is 9.48 Å². The van der Waals surface area contributed by atoms with Gasteiger partial charge in [-0.3, -0.25) is 4.79 Å². The molecule has 20 heavy (non-hydrogen) atoms. The van der Waals surface area contributed by atoms with Gasteiger partial charge in [0, 0.05) is 12.5 Å². The van der Waals surface area contributed by atoms with E-state index in [0.717, 1.165) is 0 Å².